The molecule has 0 saturated carbocycles. The van der Waals surface area contributed by atoms with E-state index < -0.39 is 0 Å². The van der Waals surface area contributed by atoms with E-state index in [9.17, 15) is 0 Å². The van der Waals surface area contributed by atoms with Gasteiger partial charge in [0.15, 0.2) is 0 Å². The molecule has 1 nitrogen and oxygen atoms in total. The Morgan fingerprint density at radius 1 is 1.07 bits per heavy atom. The van der Waals surface area contributed by atoms with Crippen LogP contribution in [-0.4, -0.2) is 12.8 Å². The molecule has 0 saturated heterocycles. The van der Waals surface area contributed by atoms with Crippen molar-refractivity contribution in [2.75, 3.05) is 6.54 Å². The Balaban J connectivity index is 2.10. The van der Waals surface area contributed by atoms with E-state index in [0.717, 1.165) is 13.0 Å². The van der Waals surface area contributed by atoms with E-state index in [0.29, 0.717) is 0 Å². The summed E-state index contributed by atoms with van der Waals surface area (Å²) in [7, 11) is 0. The fourth-order valence-corrected chi connectivity index (χ4v) is 1.38. The zero-order valence-electron chi connectivity index (χ0n) is 9.23. The molecule has 0 unspecified atom stereocenters. The number of hydrogen-bond acceptors (Lipinski definition) is 1. The summed E-state index contributed by atoms with van der Waals surface area (Å²) < 4.78 is 0. The minimum absolute atomic E-state index is 0.937. The number of unbranched alkanes of at least 4 members (excludes halogenated alkanes) is 3. The first kappa shape index (κ1) is 11.7. The third-order valence-corrected chi connectivity index (χ3v) is 2.24. The summed E-state index contributed by atoms with van der Waals surface area (Å²) in [5.74, 6) is 0. The third kappa shape index (κ3) is 5.84. The predicted molar refractivity (Wildman–Crippen MR) is 67.6 cm³/mol. The van der Waals surface area contributed by atoms with Crippen LogP contribution in [0.4, 0.5) is 0 Å². The molecule has 0 fully saturated rings. The standard InChI is InChI=1S/C14H19N/c1-2-3-4-5-9-12-15-13-14-10-7-6-8-11-14/h2,6-8,10-11,13H,1,3-5,9,12H2. The molecule has 0 aliphatic heterocycles. The molecule has 80 valence electrons. The highest BCUT2D eigenvalue weighted by atomic mass is 14.7. The maximum Gasteiger partial charge on any atom is 0.0389 e. The summed E-state index contributed by atoms with van der Waals surface area (Å²) in [5.41, 5.74) is 1.18. The average molecular weight is 201 g/mol. The number of nitrogens with zero attached hydrogens (tertiary/aromatic N) is 1. The SMILES string of the molecule is C=CCCCCCN=Cc1ccccc1. The molecule has 0 aliphatic carbocycles. The van der Waals surface area contributed by atoms with Gasteiger partial charge in [0, 0.05) is 12.8 Å². The van der Waals surface area contributed by atoms with Crippen molar-refractivity contribution in [1.82, 2.24) is 0 Å². The first-order valence-corrected chi connectivity index (χ1v) is 5.59. The normalized spacial score (nSPS) is 10.7. The Morgan fingerprint density at radius 2 is 1.87 bits per heavy atom. The second-order valence-corrected chi connectivity index (χ2v) is 3.58. The molecule has 0 aliphatic rings. The first-order chi connectivity index (χ1) is 7.43. The second kappa shape index (κ2) is 7.98. The molecule has 0 spiro atoms. The van der Waals surface area contributed by atoms with Gasteiger partial charge < -0.3 is 0 Å². The molecule has 0 amide bonds. The van der Waals surface area contributed by atoms with Crippen LogP contribution in [0.3, 0.4) is 0 Å². The van der Waals surface area contributed by atoms with E-state index in [1.54, 1.807) is 0 Å². The number of rotatable bonds is 7. The summed E-state index contributed by atoms with van der Waals surface area (Å²) in [6.45, 7) is 4.64. The highest BCUT2D eigenvalue weighted by molar-refractivity contribution is 5.79. The average Bonchev–Trinajstić information content (AvgIpc) is 2.29. The minimum atomic E-state index is 0.937. The summed E-state index contributed by atoms with van der Waals surface area (Å²) >= 11 is 0. The quantitative estimate of drug-likeness (QED) is 0.361. The molecule has 0 N–H and O–H groups in total. The van der Waals surface area contributed by atoms with Crippen LogP contribution in [0.1, 0.15) is 31.2 Å². The van der Waals surface area contributed by atoms with Gasteiger partial charge >= 0.3 is 0 Å². The number of benzene rings is 1. The first-order valence-electron chi connectivity index (χ1n) is 5.59. The molecule has 0 atom stereocenters. The smallest absolute Gasteiger partial charge is 0.0389 e. The Hall–Kier alpha value is -1.37. The Kier molecular flexibility index (Phi) is 6.23. The van der Waals surface area contributed by atoms with E-state index >= 15 is 0 Å². The highest BCUT2D eigenvalue weighted by Crippen LogP contribution is 2.00. The van der Waals surface area contributed by atoms with Crippen LogP contribution >= 0.6 is 0 Å². The number of aliphatic imine (C=N–C) groups is 1. The number of allylic oxidation sites excluding steroid dienone is 1. The van der Waals surface area contributed by atoms with Gasteiger partial charge in [0.05, 0.1) is 0 Å². The van der Waals surface area contributed by atoms with E-state index in [2.05, 4.69) is 23.7 Å². The van der Waals surface area contributed by atoms with Crippen LogP contribution in [0, 0.1) is 0 Å². The number of hydrogen-bond donors (Lipinski definition) is 0. The van der Waals surface area contributed by atoms with Crippen molar-refractivity contribution >= 4 is 6.21 Å². The van der Waals surface area contributed by atoms with Gasteiger partial charge in [-0.05, 0) is 24.8 Å². The van der Waals surface area contributed by atoms with Crippen molar-refractivity contribution < 1.29 is 0 Å². The van der Waals surface area contributed by atoms with Gasteiger partial charge in [-0.2, -0.15) is 0 Å². The largest absolute Gasteiger partial charge is 0.293 e. The second-order valence-electron chi connectivity index (χ2n) is 3.58. The zero-order valence-corrected chi connectivity index (χ0v) is 9.23. The van der Waals surface area contributed by atoms with Crippen LogP contribution in [0.2, 0.25) is 0 Å². The van der Waals surface area contributed by atoms with Crippen LogP contribution in [-0.2, 0) is 0 Å². The maximum atomic E-state index is 4.39. The lowest BCUT2D eigenvalue weighted by molar-refractivity contribution is 0.697. The predicted octanol–water partition coefficient (Wildman–Crippen LogP) is 3.85. The Morgan fingerprint density at radius 3 is 2.60 bits per heavy atom. The monoisotopic (exact) mass is 201 g/mol. The van der Waals surface area contributed by atoms with Crippen molar-refractivity contribution in [3.8, 4) is 0 Å². The zero-order chi connectivity index (χ0) is 10.8. The lowest BCUT2D eigenvalue weighted by Gasteiger charge is -1.95. The Labute approximate surface area is 92.6 Å². The van der Waals surface area contributed by atoms with Gasteiger partial charge in [-0.1, -0.05) is 42.8 Å². The topological polar surface area (TPSA) is 12.4 Å². The van der Waals surface area contributed by atoms with Gasteiger partial charge in [0.1, 0.15) is 0 Å². The molecule has 0 radical (unpaired) electrons. The van der Waals surface area contributed by atoms with E-state index in [1.807, 2.05) is 30.5 Å². The van der Waals surface area contributed by atoms with Crippen LogP contribution < -0.4 is 0 Å². The Bertz CT molecular complexity index is 287. The molecular formula is C14H19N. The summed E-state index contributed by atoms with van der Waals surface area (Å²) in [6.07, 6.45) is 8.73. The van der Waals surface area contributed by atoms with Crippen LogP contribution in [0.25, 0.3) is 0 Å². The van der Waals surface area contributed by atoms with Crippen molar-refractivity contribution in [2.45, 2.75) is 25.7 Å². The lowest BCUT2D eigenvalue weighted by Crippen LogP contribution is -1.85. The van der Waals surface area contributed by atoms with Gasteiger partial charge in [0.25, 0.3) is 0 Å². The molecule has 1 aromatic carbocycles. The lowest BCUT2D eigenvalue weighted by atomic mass is 10.2. The van der Waals surface area contributed by atoms with Crippen molar-refractivity contribution in [3.63, 3.8) is 0 Å². The molecule has 15 heavy (non-hydrogen) atoms. The van der Waals surface area contributed by atoms with Gasteiger partial charge in [-0.3, -0.25) is 4.99 Å². The minimum Gasteiger partial charge on any atom is -0.293 e. The summed E-state index contributed by atoms with van der Waals surface area (Å²) in [6, 6.07) is 10.2. The van der Waals surface area contributed by atoms with Crippen molar-refractivity contribution in [2.24, 2.45) is 4.99 Å². The van der Waals surface area contributed by atoms with E-state index in [1.165, 1.54) is 24.8 Å². The highest BCUT2D eigenvalue weighted by Gasteiger charge is 1.86. The molecule has 0 aromatic heterocycles. The maximum absolute atomic E-state index is 4.39. The van der Waals surface area contributed by atoms with Crippen LogP contribution in [0.15, 0.2) is 48.0 Å². The van der Waals surface area contributed by atoms with Crippen molar-refractivity contribution in [3.05, 3.63) is 48.6 Å². The molecule has 1 heteroatoms. The molecule has 1 rings (SSSR count). The van der Waals surface area contributed by atoms with Gasteiger partial charge in [-0.25, -0.2) is 0 Å². The van der Waals surface area contributed by atoms with E-state index in [4.69, 9.17) is 0 Å². The molecular weight excluding hydrogens is 182 g/mol. The summed E-state index contributed by atoms with van der Waals surface area (Å²) in [5, 5.41) is 0. The third-order valence-electron chi connectivity index (χ3n) is 2.24. The van der Waals surface area contributed by atoms with Crippen LogP contribution in [0.5, 0.6) is 0 Å². The van der Waals surface area contributed by atoms with Gasteiger partial charge in [0.2, 0.25) is 0 Å². The fraction of sp³-hybridized carbons (Fsp3) is 0.357. The van der Waals surface area contributed by atoms with Gasteiger partial charge in [-0.15, -0.1) is 6.58 Å². The molecule has 0 heterocycles. The molecule has 0 bridgehead atoms. The van der Waals surface area contributed by atoms with E-state index in [-0.39, 0.29) is 0 Å². The summed E-state index contributed by atoms with van der Waals surface area (Å²) in [4.78, 5) is 4.39. The molecule has 1 aromatic rings. The fourth-order valence-electron chi connectivity index (χ4n) is 1.38. The van der Waals surface area contributed by atoms with Crippen molar-refractivity contribution in [1.29, 1.82) is 0 Å².